The van der Waals surface area contributed by atoms with E-state index in [1.54, 1.807) is 0 Å². The van der Waals surface area contributed by atoms with Crippen LogP contribution in [0.25, 0.3) is 0 Å². The topological polar surface area (TPSA) is 21.3 Å². The van der Waals surface area contributed by atoms with Crippen LogP contribution in [0, 0.1) is 0 Å². The molecule has 0 aliphatic rings. The summed E-state index contributed by atoms with van der Waals surface area (Å²) < 4.78 is 5.72. The minimum Gasteiger partial charge on any atom is -0.381 e. The average Bonchev–Trinajstić information content (AvgIpc) is 2.67. The number of unbranched alkanes of at least 4 members (excludes halogenated alkanes) is 4. The van der Waals surface area contributed by atoms with E-state index in [0.29, 0.717) is 0 Å². The molecule has 2 heteroatoms. The molecule has 0 unspecified atom stereocenters. The van der Waals surface area contributed by atoms with Gasteiger partial charge in [0.15, 0.2) is 0 Å². The smallest absolute Gasteiger partial charge is 0.0466 e. The highest BCUT2D eigenvalue weighted by atomic mass is 16.5. The second-order valence-corrected chi connectivity index (χ2v) is 6.28. The zero-order chi connectivity index (χ0) is 18.6. The van der Waals surface area contributed by atoms with E-state index in [2.05, 4.69) is 55.6 Å². The van der Waals surface area contributed by atoms with Gasteiger partial charge in [-0.05, 0) is 58.1 Å². The predicted octanol–water partition coefficient (Wildman–Crippen LogP) is 6.17. The van der Waals surface area contributed by atoms with Gasteiger partial charge in [-0.3, -0.25) is 0 Å². The predicted molar refractivity (Wildman–Crippen MR) is 112 cm³/mol. The Balaban J connectivity index is 0.00000277. The first-order valence-corrected chi connectivity index (χ1v) is 10.3. The molecule has 0 bridgehead atoms. The molecule has 0 atom stereocenters. The van der Waals surface area contributed by atoms with Gasteiger partial charge < -0.3 is 10.1 Å². The molecule has 1 N–H and O–H groups in total. The minimum atomic E-state index is 0.914. The molecule has 0 radical (unpaired) electrons. The average molecular weight is 348 g/mol. The summed E-state index contributed by atoms with van der Waals surface area (Å²) in [6, 6.07) is 10.7. The van der Waals surface area contributed by atoms with E-state index in [9.17, 15) is 0 Å². The van der Waals surface area contributed by atoms with E-state index in [-0.39, 0.29) is 0 Å². The lowest BCUT2D eigenvalue weighted by atomic mass is 10.1. The van der Waals surface area contributed by atoms with E-state index in [0.717, 1.165) is 26.3 Å². The molecule has 0 saturated heterocycles. The summed E-state index contributed by atoms with van der Waals surface area (Å²) in [4.78, 5) is 0. The van der Waals surface area contributed by atoms with E-state index >= 15 is 0 Å². The van der Waals surface area contributed by atoms with Crippen molar-refractivity contribution < 1.29 is 4.74 Å². The number of rotatable bonds is 14. The molecule has 1 aromatic rings. The second kappa shape index (κ2) is 19.2. The van der Waals surface area contributed by atoms with Gasteiger partial charge in [-0.2, -0.15) is 0 Å². The fourth-order valence-corrected chi connectivity index (χ4v) is 2.48. The number of nitrogens with one attached hydrogen (secondary N) is 1. The number of aryl methyl sites for hydroxylation is 1. The van der Waals surface area contributed by atoms with Crippen molar-refractivity contribution in [3.05, 3.63) is 47.5 Å². The zero-order valence-corrected chi connectivity index (χ0v) is 17.2. The monoisotopic (exact) mass is 347 g/mol. The van der Waals surface area contributed by atoms with Crippen molar-refractivity contribution in [2.45, 2.75) is 72.6 Å². The van der Waals surface area contributed by atoms with Crippen molar-refractivity contribution >= 4 is 0 Å². The van der Waals surface area contributed by atoms with Gasteiger partial charge in [0.25, 0.3) is 0 Å². The maximum atomic E-state index is 5.72. The van der Waals surface area contributed by atoms with Crippen molar-refractivity contribution in [3.63, 3.8) is 0 Å². The Morgan fingerprint density at radius 1 is 0.920 bits per heavy atom. The molecule has 0 saturated carbocycles. The van der Waals surface area contributed by atoms with Crippen molar-refractivity contribution in [2.75, 3.05) is 26.3 Å². The Morgan fingerprint density at radius 2 is 1.56 bits per heavy atom. The number of benzene rings is 1. The lowest BCUT2D eigenvalue weighted by Gasteiger charge is -2.06. The summed E-state index contributed by atoms with van der Waals surface area (Å²) in [5, 5.41) is 3.48. The van der Waals surface area contributed by atoms with E-state index in [1.807, 2.05) is 13.8 Å². The Kier molecular flexibility index (Phi) is 18.3. The molecule has 1 aromatic carbocycles. The van der Waals surface area contributed by atoms with Crippen LogP contribution in [0.1, 0.15) is 71.8 Å². The lowest BCUT2D eigenvalue weighted by Crippen LogP contribution is -2.17. The Labute approximate surface area is 157 Å². The van der Waals surface area contributed by atoms with E-state index < -0.39 is 0 Å². The Hall–Kier alpha value is -1.12. The molecule has 144 valence electrons. The SMILES string of the molecule is C/C=C(\C)CNCCCCCCOCCCCc1ccccc1.CC. The van der Waals surface area contributed by atoms with Crippen LogP contribution in [0.3, 0.4) is 0 Å². The molecule has 25 heavy (non-hydrogen) atoms. The fraction of sp³-hybridized carbons (Fsp3) is 0.652. The van der Waals surface area contributed by atoms with Crippen molar-refractivity contribution in [3.8, 4) is 0 Å². The van der Waals surface area contributed by atoms with Gasteiger partial charge in [-0.15, -0.1) is 0 Å². The molecule has 0 aliphatic carbocycles. The third kappa shape index (κ3) is 16.1. The molecule has 0 spiro atoms. The maximum Gasteiger partial charge on any atom is 0.0466 e. The molecule has 0 amide bonds. The number of ether oxygens (including phenoxy) is 1. The van der Waals surface area contributed by atoms with E-state index in [1.165, 1.54) is 56.1 Å². The van der Waals surface area contributed by atoms with Crippen molar-refractivity contribution in [2.24, 2.45) is 0 Å². The zero-order valence-electron chi connectivity index (χ0n) is 17.2. The van der Waals surface area contributed by atoms with E-state index in [4.69, 9.17) is 4.74 Å². The number of hydrogen-bond acceptors (Lipinski definition) is 2. The third-order valence-electron chi connectivity index (χ3n) is 4.14. The quantitative estimate of drug-likeness (QED) is 0.321. The lowest BCUT2D eigenvalue weighted by molar-refractivity contribution is 0.126. The molecule has 0 aromatic heterocycles. The van der Waals surface area contributed by atoms with Crippen LogP contribution >= 0.6 is 0 Å². The fourth-order valence-electron chi connectivity index (χ4n) is 2.48. The standard InChI is InChI=1S/C21H35NO.C2H6/c1-3-20(2)19-22-16-10-4-5-11-17-23-18-12-9-15-21-13-7-6-8-14-21;1-2/h3,6-8,13-14,22H,4-5,9-12,15-19H2,1-2H3;1-2H3/b20-3+;. The van der Waals surface area contributed by atoms with Crippen LogP contribution in [0.4, 0.5) is 0 Å². The highest BCUT2D eigenvalue weighted by Gasteiger charge is 1.94. The summed E-state index contributed by atoms with van der Waals surface area (Å²) >= 11 is 0. The van der Waals surface area contributed by atoms with Gasteiger partial charge in [0, 0.05) is 19.8 Å². The first kappa shape index (κ1) is 23.9. The Bertz CT molecular complexity index is 400. The summed E-state index contributed by atoms with van der Waals surface area (Å²) in [5.41, 5.74) is 2.86. The van der Waals surface area contributed by atoms with Crippen LogP contribution < -0.4 is 5.32 Å². The van der Waals surface area contributed by atoms with Gasteiger partial charge in [-0.25, -0.2) is 0 Å². The molecule has 0 heterocycles. The normalized spacial score (nSPS) is 11.1. The van der Waals surface area contributed by atoms with Crippen LogP contribution in [-0.2, 0) is 11.2 Å². The minimum absolute atomic E-state index is 0.914. The van der Waals surface area contributed by atoms with Gasteiger partial charge >= 0.3 is 0 Å². The Morgan fingerprint density at radius 3 is 2.24 bits per heavy atom. The van der Waals surface area contributed by atoms with Crippen molar-refractivity contribution in [1.29, 1.82) is 0 Å². The molecule has 2 nitrogen and oxygen atoms in total. The molecule has 0 fully saturated rings. The number of hydrogen-bond donors (Lipinski definition) is 1. The summed E-state index contributed by atoms with van der Waals surface area (Å²) in [6.07, 6.45) is 10.8. The summed E-state index contributed by atoms with van der Waals surface area (Å²) in [5.74, 6) is 0. The van der Waals surface area contributed by atoms with Gasteiger partial charge in [0.05, 0.1) is 0 Å². The van der Waals surface area contributed by atoms with Gasteiger partial charge in [0.2, 0.25) is 0 Å². The maximum absolute atomic E-state index is 5.72. The molecule has 0 aliphatic heterocycles. The van der Waals surface area contributed by atoms with Crippen molar-refractivity contribution in [1.82, 2.24) is 5.32 Å². The first-order chi connectivity index (χ1) is 12.3. The molecular formula is C23H41NO. The highest BCUT2D eigenvalue weighted by Crippen LogP contribution is 2.05. The van der Waals surface area contributed by atoms with Gasteiger partial charge in [-0.1, -0.05) is 68.7 Å². The molecule has 1 rings (SSSR count). The second-order valence-electron chi connectivity index (χ2n) is 6.28. The van der Waals surface area contributed by atoms with Crippen LogP contribution in [-0.4, -0.2) is 26.3 Å². The highest BCUT2D eigenvalue weighted by molar-refractivity contribution is 5.14. The van der Waals surface area contributed by atoms with Crippen LogP contribution in [0.2, 0.25) is 0 Å². The van der Waals surface area contributed by atoms with Crippen LogP contribution in [0.15, 0.2) is 42.0 Å². The summed E-state index contributed by atoms with van der Waals surface area (Å²) in [6.45, 7) is 12.3. The summed E-state index contributed by atoms with van der Waals surface area (Å²) in [7, 11) is 0. The van der Waals surface area contributed by atoms with Crippen LogP contribution in [0.5, 0.6) is 0 Å². The largest absolute Gasteiger partial charge is 0.381 e. The first-order valence-electron chi connectivity index (χ1n) is 10.3. The number of allylic oxidation sites excluding steroid dienone is 1. The van der Waals surface area contributed by atoms with Gasteiger partial charge in [0.1, 0.15) is 0 Å². The molecular weight excluding hydrogens is 306 g/mol. The third-order valence-corrected chi connectivity index (χ3v) is 4.14.